The van der Waals surface area contributed by atoms with E-state index in [1.165, 1.54) is 16.7 Å². The van der Waals surface area contributed by atoms with Crippen LogP contribution in [0.15, 0.2) is 40.9 Å². The van der Waals surface area contributed by atoms with Crippen LogP contribution in [0.3, 0.4) is 0 Å². The van der Waals surface area contributed by atoms with Crippen LogP contribution in [0.5, 0.6) is 0 Å². The number of nitrogens with two attached hydrogens (primary N) is 1. The van der Waals surface area contributed by atoms with Gasteiger partial charge in [0.25, 0.3) is 5.91 Å². The molecule has 1 atom stereocenters. The lowest BCUT2D eigenvalue weighted by atomic mass is 10.2. The molecule has 2 N–H and O–H groups in total. The second kappa shape index (κ2) is 5.16. The van der Waals surface area contributed by atoms with E-state index in [2.05, 4.69) is 0 Å². The number of carbonyl (C=O) groups is 2. The highest BCUT2D eigenvalue weighted by atomic mass is 32.2. The number of nitrogens with zero attached hydrogens (tertiary/aromatic N) is 2. The van der Waals surface area contributed by atoms with Crippen LogP contribution in [0.4, 0.5) is 5.69 Å². The molecular weight excluding hydrogens is 262 g/mol. The summed E-state index contributed by atoms with van der Waals surface area (Å²) in [5.41, 5.74) is 5.62. The molecule has 1 fully saturated rings. The fourth-order valence-electron chi connectivity index (χ4n) is 1.75. The van der Waals surface area contributed by atoms with E-state index in [1.807, 2.05) is 6.07 Å². The van der Waals surface area contributed by atoms with Crippen LogP contribution < -0.4 is 10.6 Å². The Balaban J connectivity index is 2.58. The van der Waals surface area contributed by atoms with Gasteiger partial charge in [-0.05, 0) is 19.1 Å². The first kappa shape index (κ1) is 13.2. The molecule has 1 saturated heterocycles. The molecule has 5 nitrogen and oxygen atoms in total. The lowest BCUT2D eigenvalue weighted by Gasteiger charge is -2.17. The molecule has 1 aromatic carbocycles. The van der Waals surface area contributed by atoms with E-state index in [4.69, 9.17) is 11.0 Å². The molecule has 0 bridgehead atoms. The lowest BCUT2D eigenvalue weighted by Crippen LogP contribution is -2.29. The van der Waals surface area contributed by atoms with Crippen LogP contribution in [-0.4, -0.2) is 17.1 Å². The van der Waals surface area contributed by atoms with Gasteiger partial charge in [-0.2, -0.15) is 5.26 Å². The summed E-state index contributed by atoms with van der Waals surface area (Å²) >= 11 is 1.17. The summed E-state index contributed by atoms with van der Waals surface area (Å²) in [7, 11) is 0. The molecule has 0 saturated carbocycles. The number of rotatable bonds is 2. The topological polar surface area (TPSA) is 87.2 Å². The molecule has 1 aromatic rings. The Bertz CT molecular complexity index is 604. The van der Waals surface area contributed by atoms with E-state index in [9.17, 15) is 9.59 Å². The fourth-order valence-corrected chi connectivity index (χ4v) is 2.86. The smallest absolute Gasteiger partial charge is 0.262 e. The number of thioether (sulfide) groups is 1. The summed E-state index contributed by atoms with van der Waals surface area (Å²) in [6, 6.07) is 10.6. The van der Waals surface area contributed by atoms with Crippen molar-refractivity contribution in [2.75, 3.05) is 4.90 Å². The van der Waals surface area contributed by atoms with Crippen molar-refractivity contribution in [3.8, 4) is 6.07 Å². The third kappa shape index (κ3) is 2.33. The zero-order valence-corrected chi connectivity index (χ0v) is 11.0. The summed E-state index contributed by atoms with van der Waals surface area (Å²) in [6.45, 7) is 1.73. The molecular formula is C13H11N3O2S. The van der Waals surface area contributed by atoms with Gasteiger partial charge in [-0.1, -0.05) is 30.0 Å². The minimum atomic E-state index is -0.826. The average molecular weight is 273 g/mol. The van der Waals surface area contributed by atoms with Crippen LogP contribution in [0.2, 0.25) is 0 Å². The van der Waals surface area contributed by atoms with Crippen LogP contribution in [0.1, 0.15) is 6.92 Å². The Morgan fingerprint density at radius 2 is 2.05 bits per heavy atom. The quantitative estimate of drug-likeness (QED) is 0.651. The van der Waals surface area contributed by atoms with Gasteiger partial charge in [-0.25, -0.2) is 0 Å². The van der Waals surface area contributed by atoms with Gasteiger partial charge in [0.2, 0.25) is 5.91 Å². The maximum Gasteiger partial charge on any atom is 0.262 e. The molecule has 1 aliphatic heterocycles. The maximum atomic E-state index is 12.2. The predicted octanol–water partition coefficient (Wildman–Crippen LogP) is 1.38. The van der Waals surface area contributed by atoms with Gasteiger partial charge >= 0.3 is 0 Å². The molecule has 0 aliphatic carbocycles. The molecule has 19 heavy (non-hydrogen) atoms. The zero-order chi connectivity index (χ0) is 14.0. The first-order valence-electron chi connectivity index (χ1n) is 5.56. The lowest BCUT2D eigenvalue weighted by molar-refractivity contribution is -0.116. The largest absolute Gasteiger partial charge is 0.365 e. The van der Waals surface area contributed by atoms with Crippen molar-refractivity contribution in [3.05, 3.63) is 40.9 Å². The Kier molecular flexibility index (Phi) is 3.58. The third-order valence-corrected chi connectivity index (χ3v) is 3.81. The van der Waals surface area contributed by atoms with Crippen molar-refractivity contribution in [2.24, 2.45) is 5.73 Å². The summed E-state index contributed by atoms with van der Waals surface area (Å²) in [6.07, 6.45) is 0. The van der Waals surface area contributed by atoms with Gasteiger partial charge in [0.1, 0.15) is 16.7 Å². The zero-order valence-electron chi connectivity index (χ0n) is 10.2. The highest BCUT2D eigenvalue weighted by Crippen LogP contribution is 2.40. The number of primary amides is 1. The van der Waals surface area contributed by atoms with Gasteiger partial charge < -0.3 is 5.73 Å². The maximum absolute atomic E-state index is 12.2. The van der Waals surface area contributed by atoms with Crippen LogP contribution >= 0.6 is 11.8 Å². The molecule has 2 amide bonds. The van der Waals surface area contributed by atoms with Crippen LogP contribution in [-0.2, 0) is 9.59 Å². The summed E-state index contributed by atoms with van der Waals surface area (Å²) < 4.78 is 0. The standard InChI is InChI=1S/C13H11N3O2S/c1-8-12(18)16(9-5-3-2-4-6-9)13(19-8)10(7-14)11(15)17/h2-6,8H,1H3,(H2,15,17)/b13-10-. The van der Waals surface area contributed by atoms with Crippen molar-refractivity contribution >= 4 is 29.3 Å². The van der Waals surface area contributed by atoms with Gasteiger partial charge in [0.05, 0.1) is 5.25 Å². The average Bonchev–Trinajstić information content (AvgIpc) is 2.67. The molecule has 0 spiro atoms. The number of hydrogen-bond donors (Lipinski definition) is 1. The molecule has 1 heterocycles. The summed E-state index contributed by atoms with van der Waals surface area (Å²) in [5.74, 6) is -0.993. The van der Waals surface area contributed by atoms with Crippen molar-refractivity contribution in [3.63, 3.8) is 0 Å². The van der Waals surface area contributed by atoms with E-state index < -0.39 is 5.91 Å². The molecule has 1 unspecified atom stereocenters. The normalized spacial score (nSPS) is 21.2. The Morgan fingerprint density at radius 3 is 2.58 bits per heavy atom. The Labute approximate surface area is 114 Å². The molecule has 6 heteroatoms. The van der Waals surface area contributed by atoms with E-state index in [0.29, 0.717) is 10.7 Å². The fraction of sp³-hybridized carbons (Fsp3) is 0.154. The van der Waals surface area contributed by atoms with E-state index in [0.717, 1.165) is 0 Å². The van der Waals surface area contributed by atoms with Gasteiger partial charge in [-0.15, -0.1) is 0 Å². The Hall–Kier alpha value is -2.26. The minimum absolute atomic E-state index is 0.166. The van der Waals surface area contributed by atoms with Crippen molar-refractivity contribution in [1.82, 2.24) is 0 Å². The first-order valence-corrected chi connectivity index (χ1v) is 6.44. The van der Waals surface area contributed by atoms with Gasteiger partial charge in [0.15, 0.2) is 0 Å². The van der Waals surface area contributed by atoms with E-state index >= 15 is 0 Å². The Morgan fingerprint density at radius 1 is 1.42 bits per heavy atom. The number of amides is 2. The van der Waals surface area contributed by atoms with Crippen molar-refractivity contribution < 1.29 is 9.59 Å². The predicted molar refractivity (Wildman–Crippen MR) is 72.8 cm³/mol. The van der Waals surface area contributed by atoms with Gasteiger partial charge in [-0.3, -0.25) is 14.5 Å². The number of anilines is 1. The minimum Gasteiger partial charge on any atom is -0.365 e. The number of benzene rings is 1. The number of hydrogen-bond acceptors (Lipinski definition) is 4. The number of para-hydroxylation sites is 1. The second-order valence-corrected chi connectivity index (χ2v) is 5.25. The third-order valence-electron chi connectivity index (χ3n) is 2.65. The van der Waals surface area contributed by atoms with Gasteiger partial charge in [0, 0.05) is 5.69 Å². The highest BCUT2D eigenvalue weighted by molar-refractivity contribution is 8.05. The highest BCUT2D eigenvalue weighted by Gasteiger charge is 2.37. The summed E-state index contributed by atoms with van der Waals surface area (Å²) in [5, 5.41) is 8.99. The molecule has 96 valence electrons. The first-order chi connectivity index (χ1) is 9.06. The molecule has 0 radical (unpaired) electrons. The van der Waals surface area contributed by atoms with Crippen LogP contribution in [0, 0.1) is 11.3 Å². The molecule has 2 rings (SSSR count). The molecule has 1 aliphatic rings. The monoisotopic (exact) mass is 273 g/mol. The SMILES string of the molecule is CC1S/C(=C(/C#N)C(N)=O)N(c2ccccc2)C1=O. The second-order valence-electron chi connectivity index (χ2n) is 3.93. The van der Waals surface area contributed by atoms with Crippen molar-refractivity contribution in [2.45, 2.75) is 12.2 Å². The van der Waals surface area contributed by atoms with E-state index in [1.54, 1.807) is 37.3 Å². The van der Waals surface area contributed by atoms with E-state index in [-0.39, 0.29) is 16.7 Å². The number of nitriles is 1. The van der Waals surface area contributed by atoms with Crippen LogP contribution in [0.25, 0.3) is 0 Å². The summed E-state index contributed by atoms with van der Waals surface area (Å²) in [4.78, 5) is 24.8. The van der Waals surface area contributed by atoms with Crippen molar-refractivity contribution in [1.29, 1.82) is 5.26 Å². The number of carbonyl (C=O) groups excluding carboxylic acids is 2. The molecule has 0 aromatic heterocycles.